The Hall–Kier alpha value is -2.36. The average Bonchev–Trinajstić information content (AvgIpc) is 1.16. The van der Waals surface area contributed by atoms with Gasteiger partial charge in [0.05, 0.1) is 103 Å². The van der Waals surface area contributed by atoms with Crippen molar-refractivity contribution in [3.8, 4) is 0 Å². The minimum atomic E-state index is -1.35. The number of nitrogens with zero attached hydrogens (tertiary/aromatic N) is 6. The molecule has 3 aromatic carbocycles. The summed E-state index contributed by atoms with van der Waals surface area (Å²) in [7, 11) is 6.93. The summed E-state index contributed by atoms with van der Waals surface area (Å²) >= 11 is 12.7. The highest BCUT2D eigenvalue weighted by atomic mass is 127. The molecule has 27 nitrogen and oxygen atoms in total. The van der Waals surface area contributed by atoms with Gasteiger partial charge >= 0.3 is 0 Å². The molecule has 0 heterocycles. The highest BCUT2D eigenvalue weighted by molar-refractivity contribution is 14.1. The van der Waals surface area contributed by atoms with E-state index in [1.54, 1.807) is 0 Å². The molecule has 3 rings (SSSR count). The van der Waals surface area contributed by atoms with Crippen LogP contribution in [-0.4, -0.2) is 268 Å². The Balaban J connectivity index is 2.31. The smallest absolute Gasteiger partial charge is 0.255 e. The molecule has 0 radical (unpaired) electrons. The molecular formula is C51H64I7N9O18. The SMILES string of the molecule is Cc1c(NC(=O)CO)c(I)c(C(=O)N(C)CC(O)CO)c(I)c1C(=O)N(C)CCN(CCCN(C)C(=O)c1c(I)c(NC(=O)CO)c(I)c(C(=O)N(C)CC(O)CO)c1I)C(=O)c1c(C)c(NC(=O)CO)c(I)c(C(=O)N(C)CC(O)CO)c1I. The highest BCUT2D eigenvalue weighted by Crippen LogP contribution is 2.39. The van der Waals surface area contributed by atoms with E-state index in [1.807, 2.05) is 158 Å². The molecule has 0 aliphatic heterocycles. The van der Waals surface area contributed by atoms with Crippen LogP contribution in [0.1, 0.15) is 79.7 Å². The van der Waals surface area contributed by atoms with E-state index in [4.69, 9.17) is 0 Å². The largest absolute Gasteiger partial charge is 0.394 e. The molecule has 0 saturated heterocycles. The molecule has 34 heteroatoms. The minimum absolute atomic E-state index is 0.00146. The molecule has 12 N–H and O–H groups in total. The first-order chi connectivity index (χ1) is 39.7. The maximum absolute atomic E-state index is 15.5. The monoisotopic (exact) mass is 1980 g/mol. The molecule has 0 aliphatic rings. The molecule has 0 fully saturated rings. The third-order valence-electron chi connectivity index (χ3n) is 12.8. The zero-order valence-corrected chi connectivity index (χ0v) is 61.8. The summed E-state index contributed by atoms with van der Waals surface area (Å²) in [6.45, 7) is -3.65. The first-order valence-electron chi connectivity index (χ1n) is 25.1. The standard InChI is InChI=1S/C51H64I7N9O18/c1-22-30(36(52)32(39(55)43(22)59-27(77)19-71)48(82)64(5)13-24(74)16-68)46(80)63(4)11-12-67(51(85)31-23(2)44(60-28(78)20-72)40(56)33(37(31)53)49(83)65(6)14-25(75)17-69)10-8-9-62(3)47(81)34-38(54)35(50(84)66(7)15-26(76)18-70)42(58)45(41(34)57)61-29(79)21-73/h24-26,68-76H,8-21H2,1-7H3,(H,59,77)(H,60,78)(H,61,79). The summed E-state index contributed by atoms with van der Waals surface area (Å²) in [6.07, 6.45) is -3.98. The summed E-state index contributed by atoms with van der Waals surface area (Å²) in [4.78, 5) is 133. The normalized spacial score (nSPS) is 12.2. The van der Waals surface area contributed by atoms with Crippen molar-refractivity contribution in [2.45, 2.75) is 38.6 Å². The minimum Gasteiger partial charge on any atom is -0.394 e. The number of likely N-dealkylation sites (N-methyl/N-ethyl adjacent to an activating group) is 4. The van der Waals surface area contributed by atoms with E-state index in [-0.39, 0.29) is 139 Å². The van der Waals surface area contributed by atoms with Gasteiger partial charge in [-0.25, -0.2) is 0 Å². The van der Waals surface area contributed by atoms with Crippen LogP contribution >= 0.6 is 158 Å². The molecule has 9 amide bonds. The number of benzene rings is 3. The molecule has 0 saturated carbocycles. The maximum Gasteiger partial charge on any atom is 0.255 e. The van der Waals surface area contributed by atoms with Gasteiger partial charge in [0.25, 0.3) is 35.4 Å². The summed E-state index contributed by atoms with van der Waals surface area (Å²) in [5.74, 6) is -6.82. The fourth-order valence-corrected chi connectivity index (χ4v) is 18.0. The number of aliphatic hydroxyl groups is 9. The van der Waals surface area contributed by atoms with Crippen molar-refractivity contribution in [3.05, 3.63) is 69.5 Å². The molecule has 0 bridgehead atoms. The second-order valence-corrected chi connectivity index (χ2v) is 26.7. The third-order valence-corrected chi connectivity index (χ3v) is 20.4. The lowest BCUT2D eigenvalue weighted by atomic mass is 9.99. The summed E-state index contributed by atoms with van der Waals surface area (Å²) < 4.78 is 1.14. The van der Waals surface area contributed by atoms with Crippen molar-refractivity contribution in [1.29, 1.82) is 0 Å². The van der Waals surface area contributed by atoms with Crippen molar-refractivity contribution in [1.82, 2.24) is 29.4 Å². The van der Waals surface area contributed by atoms with E-state index in [2.05, 4.69) is 16.0 Å². The Morgan fingerprint density at radius 3 is 0.965 bits per heavy atom. The van der Waals surface area contributed by atoms with Gasteiger partial charge in [0.1, 0.15) is 19.8 Å². The van der Waals surface area contributed by atoms with E-state index in [9.17, 15) is 84.3 Å². The fourth-order valence-electron chi connectivity index (χ4n) is 8.24. The van der Waals surface area contributed by atoms with Gasteiger partial charge in [0.15, 0.2) is 0 Å². The quantitative estimate of drug-likeness (QED) is 0.0451. The van der Waals surface area contributed by atoms with Crippen LogP contribution in [0.5, 0.6) is 0 Å². The van der Waals surface area contributed by atoms with Gasteiger partial charge < -0.3 is 91.3 Å². The van der Waals surface area contributed by atoms with Crippen molar-refractivity contribution >= 4 is 228 Å². The predicted octanol–water partition coefficient (Wildman–Crippen LogP) is 0.980. The molecule has 85 heavy (non-hydrogen) atoms. The fraction of sp³-hybridized carbons (Fsp3) is 0.471. The van der Waals surface area contributed by atoms with E-state index < -0.39 is 111 Å². The van der Waals surface area contributed by atoms with E-state index in [0.29, 0.717) is 0 Å². The van der Waals surface area contributed by atoms with Crippen LogP contribution in [0.15, 0.2) is 0 Å². The van der Waals surface area contributed by atoms with Gasteiger partial charge in [-0.1, -0.05) is 0 Å². The topological polar surface area (TPSA) is 391 Å². The van der Waals surface area contributed by atoms with Crippen LogP contribution in [0.4, 0.5) is 17.1 Å². The number of anilines is 3. The summed E-state index contributed by atoms with van der Waals surface area (Å²) in [5.41, 5.74) is 0.0291. The van der Waals surface area contributed by atoms with Crippen molar-refractivity contribution < 1.29 is 89.1 Å². The summed E-state index contributed by atoms with van der Waals surface area (Å²) in [6, 6.07) is 0. The molecule has 0 aliphatic carbocycles. The average molecular weight is 1980 g/mol. The van der Waals surface area contributed by atoms with Crippen LogP contribution < -0.4 is 16.0 Å². The number of halogens is 7. The van der Waals surface area contributed by atoms with Crippen LogP contribution in [0, 0.1) is 38.8 Å². The summed E-state index contributed by atoms with van der Waals surface area (Å²) in [5, 5.41) is 96.1. The Bertz CT molecular complexity index is 3070. The van der Waals surface area contributed by atoms with Gasteiger partial charge in [-0.15, -0.1) is 0 Å². The second-order valence-electron chi connectivity index (χ2n) is 19.1. The third kappa shape index (κ3) is 19.1. The lowest BCUT2D eigenvalue weighted by molar-refractivity contribution is -0.119. The van der Waals surface area contributed by atoms with Crippen LogP contribution in [0.25, 0.3) is 0 Å². The molecule has 3 atom stereocenters. The molecule has 3 unspecified atom stereocenters. The Kier molecular flexibility index (Phi) is 31.9. The number of nitrogens with one attached hydrogen (secondary N) is 3. The van der Waals surface area contributed by atoms with Gasteiger partial charge in [0, 0.05) is 91.8 Å². The highest BCUT2D eigenvalue weighted by Gasteiger charge is 2.36. The maximum atomic E-state index is 15.5. The van der Waals surface area contributed by atoms with Gasteiger partial charge in [-0.2, -0.15) is 0 Å². The van der Waals surface area contributed by atoms with E-state index >= 15 is 4.79 Å². The van der Waals surface area contributed by atoms with Crippen LogP contribution in [0.2, 0.25) is 0 Å². The van der Waals surface area contributed by atoms with Crippen LogP contribution in [-0.2, 0) is 14.4 Å². The van der Waals surface area contributed by atoms with Crippen molar-refractivity contribution in [2.75, 3.05) is 137 Å². The molecule has 470 valence electrons. The van der Waals surface area contributed by atoms with E-state index in [1.165, 1.54) is 63.8 Å². The second kappa shape index (κ2) is 35.3. The van der Waals surface area contributed by atoms with Crippen molar-refractivity contribution in [3.63, 3.8) is 0 Å². The number of amides is 9. The Morgan fingerprint density at radius 1 is 0.365 bits per heavy atom. The van der Waals surface area contributed by atoms with Gasteiger partial charge in [0.2, 0.25) is 17.7 Å². The predicted molar refractivity (Wildman–Crippen MR) is 370 cm³/mol. The number of aliphatic hydroxyl groups excluding tert-OH is 9. The molecule has 0 aromatic heterocycles. The van der Waals surface area contributed by atoms with Gasteiger partial charge in [-0.3, -0.25) is 43.2 Å². The number of hydrogen-bond acceptors (Lipinski definition) is 18. The Morgan fingerprint density at radius 2 is 0.635 bits per heavy atom. The number of hydrogen-bond donors (Lipinski definition) is 12. The molecule has 3 aromatic rings. The van der Waals surface area contributed by atoms with Crippen molar-refractivity contribution in [2.24, 2.45) is 0 Å². The molecule has 0 spiro atoms. The van der Waals surface area contributed by atoms with Gasteiger partial charge in [-0.05, 0) is 190 Å². The number of carbonyl (C=O) groups excluding carboxylic acids is 9. The lowest BCUT2D eigenvalue weighted by Crippen LogP contribution is -2.42. The van der Waals surface area contributed by atoms with E-state index in [0.717, 1.165) is 14.7 Å². The van der Waals surface area contributed by atoms with Crippen LogP contribution in [0.3, 0.4) is 0 Å². The number of rotatable bonds is 28. The Labute approximate surface area is 584 Å². The number of carbonyl (C=O) groups is 9. The zero-order valence-electron chi connectivity index (χ0n) is 46.7. The zero-order chi connectivity index (χ0) is 64.8. The first kappa shape index (κ1) is 76.9. The molecular weight excluding hydrogens is 1910 g/mol. The first-order valence-corrected chi connectivity index (χ1v) is 32.7. The lowest BCUT2D eigenvalue weighted by Gasteiger charge is -2.30.